The first-order valence-corrected chi connectivity index (χ1v) is 6.89. The van der Waals surface area contributed by atoms with E-state index in [2.05, 4.69) is 17.2 Å². The van der Waals surface area contributed by atoms with E-state index in [9.17, 15) is 9.50 Å². The van der Waals surface area contributed by atoms with Crippen LogP contribution in [0.1, 0.15) is 19.8 Å². The van der Waals surface area contributed by atoms with E-state index in [4.69, 9.17) is 0 Å². The van der Waals surface area contributed by atoms with Gasteiger partial charge >= 0.3 is 0 Å². The highest BCUT2D eigenvalue weighted by Crippen LogP contribution is 2.41. The summed E-state index contributed by atoms with van der Waals surface area (Å²) in [4.78, 5) is 3.71. The van der Waals surface area contributed by atoms with Crippen molar-refractivity contribution in [1.82, 2.24) is 4.98 Å². The molecule has 17 heavy (non-hydrogen) atoms. The lowest BCUT2D eigenvalue weighted by molar-refractivity contribution is -0.0120. The van der Waals surface area contributed by atoms with Crippen LogP contribution in [0.4, 0.5) is 10.2 Å². The van der Waals surface area contributed by atoms with Crippen LogP contribution in [0.3, 0.4) is 0 Å². The molecule has 0 aromatic carbocycles. The van der Waals surface area contributed by atoms with Gasteiger partial charge in [-0.3, -0.25) is 0 Å². The number of aromatic nitrogens is 1. The van der Waals surface area contributed by atoms with Gasteiger partial charge in [0.2, 0.25) is 5.95 Å². The molecule has 1 aromatic rings. The number of anilines is 1. The summed E-state index contributed by atoms with van der Waals surface area (Å²) in [5.41, 5.74) is -0.672. The van der Waals surface area contributed by atoms with Crippen molar-refractivity contribution in [2.75, 3.05) is 17.6 Å². The lowest BCUT2D eigenvalue weighted by atomic mass is 9.79. The van der Waals surface area contributed by atoms with Crippen LogP contribution in [0.2, 0.25) is 0 Å². The first kappa shape index (κ1) is 12.6. The molecule has 0 aliphatic heterocycles. The molecular formula is C12H17FN2OS. The molecule has 1 aromatic heterocycles. The molecule has 3 nitrogen and oxygen atoms in total. The zero-order chi connectivity index (χ0) is 12.3. The highest BCUT2D eigenvalue weighted by molar-refractivity contribution is 8.00. The van der Waals surface area contributed by atoms with E-state index in [0.717, 1.165) is 18.6 Å². The number of thioether (sulfide) groups is 1. The maximum absolute atomic E-state index is 12.9. The van der Waals surface area contributed by atoms with Crippen molar-refractivity contribution in [3.8, 4) is 0 Å². The van der Waals surface area contributed by atoms with Crippen LogP contribution < -0.4 is 5.32 Å². The Hall–Kier alpha value is -0.810. The molecular weight excluding hydrogens is 239 g/mol. The maximum Gasteiger partial charge on any atom is 0.214 e. The number of pyridine rings is 1. The van der Waals surface area contributed by atoms with Gasteiger partial charge in [-0.15, -0.1) is 0 Å². The third-order valence-electron chi connectivity index (χ3n) is 3.10. The van der Waals surface area contributed by atoms with Crippen LogP contribution in [0.25, 0.3) is 0 Å². The molecule has 0 amide bonds. The monoisotopic (exact) mass is 256 g/mol. The minimum Gasteiger partial charge on any atom is -0.387 e. The van der Waals surface area contributed by atoms with Crippen LogP contribution in [-0.4, -0.2) is 33.2 Å². The van der Waals surface area contributed by atoms with Gasteiger partial charge in [0.05, 0.1) is 5.60 Å². The van der Waals surface area contributed by atoms with Gasteiger partial charge in [-0.05, 0) is 30.7 Å². The highest BCUT2D eigenvalue weighted by atomic mass is 32.2. The van der Waals surface area contributed by atoms with Crippen LogP contribution in [0.5, 0.6) is 0 Å². The van der Waals surface area contributed by atoms with Crippen molar-refractivity contribution in [3.63, 3.8) is 0 Å². The van der Waals surface area contributed by atoms with Crippen molar-refractivity contribution in [1.29, 1.82) is 0 Å². The second kappa shape index (κ2) is 5.23. The van der Waals surface area contributed by atoms with E-state index in [1.165, 1.54) is 6.07 Å². The Labute approximate surface area is 105 Å². The molecule has 0 bridgehead atoms. The molecule has 1 heterocycles. The standard InChI is InChI=1S/C12H17FN2OS/c1-2-17-9-6-7-12(9,16)8-14-11-5-3-4-10(13)15-11/h3-5,9,16H,2,6-8H2,1H3,(H,14,15). The third-order valence-corrected chi connectivity index (χ3v) is 4.51. The number of aliphatic hydroxyl groups is 1. The molecule has 1 fully saturated rings. The van der Waals surface area contributed by atoms with Gasteiger partial charge in [-0.1, -0.05) is 13.0 Å². The average molecular weight is 256 g/mol. The summed E-state index contributed by atoms with van der Waals surface area (Å²) < 4.78 is 12.9. The lowest BCUT2D eigenvalue weighted by Crippen LogP contribution is -2.54. The molecule has 2 unspecified atom stereocenters. The molecule has 0 radical (unpaired) electrons. The number of hydrogen-bond acceptors (Lipinski definition) is 4. The van der Waals surface area contributed by atoms with Gasteiger partial charge in [0.25, 0.3) is 0 Å². The largest absolute Gasteiger partial charge is 0.387 e. The zero-order valence-electron chi connectivity index (χ0n) is 9.82. The molecule has 1 aliphatic rings. The Kier molecular flexibility index (Phi) is 3.89. The van der Waals surface area contributed by atoms with Crippen molar-refractivity contribution in [2.45, 2.75) is 30.6 Å². The molecule has 94 valence electrons. The Morgan fingerprint density at radius 3 is 3.06 bits per heavy atom. The molecule has 0 saturated heterocycles. The summed E-state index contributed by atoms with van der Waals surface area (Å²) in [5.74, 6) is 0.978. The first-order chi connectivity index (χ1) is 8.14. The predicted octanol–water partition coefficient (Wildman–Crippen LogP) is 2.28. The lowest BCUT2D eigenvalue weighted by Gasteiger charge is -2.45. The van der Waals surface area contributed by atoms with E-state index in [1.807, 2.05) is 0 Å². The summed E-state index contributed by atoms with van der Waals surface area (Å²) in [7, 11) is 0. The normalized spacial score (nSPS) is 27.6. The molecule has 2 rings (SSSR count). The van der Waals surface area contributed by atoms with Gasteiger partial charge < -0.3 is 10.4 Å². The Balaban J connectivity index is 1.89. The van der Waals surface area contributed by atoms with Crippen LogP contribution in [-0.2, 0) is 0 Å². The fourth-order valence-corrected chi connectivity index (χ4v) is 3.19. The van der Waals surface area contributed by atoms with E-state index in [0.29, 0.717) is 12.4 Å². The second-order valence-electron chi connectivity index (χ2n) is 4.29. The summed E-state index contributed by atoms with van der Waals surface area (Å²) in [5, 5.41) is 13.6. The van der Waals surface area contributed by atoms with E-state index >= 15 is 0 Å². The summed E-state index contributed by atoms with van der Waals surface area (Å²) in [6, 6.07) is 4.61. The topological polar surface area (TPSA) is 45.1 Å². The highest BCUT2D eigenvalue weighted by Gasteiger charge is 2.44. The first-order valence-electron chi connectivity index (χ1n) is 5.84. The van der Waals surface area contributed by atoms with Gasteiger partial charge in [0.15, 0.2) is 0 Å². The van der Waals surface area contributed by atoms with Crippen molar-refractivity contribution in [2.24, 2.45) is 0 Å². The van der Waals surface area contributed by atoms with Crippen molar-refractivity contribution >= 4 is 17.6 Å². The molecule has 2 atom stereocenters. The number of rotatable bonds is 5. The Morgan fingerprint density at radius 1 is 1.65 bits per heavy atom. The summed E-state index contributed by atoms with van der Waals surface area (Å²) in [6.07, 6.45) is 1.85. The maximum atomic E-state index is 12.9. The van der Waals surface area contributed by atoms with E-state index in [-0.39, 0.29) is 5.25 Å². The van der Waals surface area contributed by atoms with Crippen LogP contribution in [0.15, 0.2) is 18.2 Å². The van der Waals surface area contributed by atoms with E-state index in [1.54, 1.807) is 23.9 Å². The smallest absolute Gasteiger partial charge is 0.214 e. The zero-order valence-corrected chi connectivity index (χ0v) is 10.6. The van der Waals surface area contributed by atoms with Crippen LogP contribution in [0, 0.1) is 5.95 Å². The van der Waals surface area contributed by atoms with E-state index < -0.39 is 11.5 Å². The minimum absolute atomic E-state index is 0.286. The van der Waals surface area contributed by atoms with Crippen molar-refractivity contribution < 1.29 is 9.50 Å². The number of hydrogen-bond donors (Lipinski definition) is 2. The average Bonchev–Trinajstić information content (AvgIpc) is 2.32. The van der Waals surface area contributed by atoms with Gasteiger partial charge in [-0.25, -0.2) is 4.98 Å². The molecule has 0 spiro atoms. The third kappa shape index (κ3) is 2.90. The molecule has 5 heteroatoms. The molecule has 2 N–H and O–H groups in total. The van der Waals surface area contributed by atoms with Gasteiger partial charge in [0, 0.05) is 11.8 Å². The molecule has 1 saturated carbocycles. The fourth-order valence-electron chi connectivity index (χ4n) is 1.99. The SMILES string of the molecule is CCSC1CCC1(O)CNc1cccc(F)n1. The van der Waals surface area contributed by atoms with Crippen LogP contribution >= 0.6 is 11.8 Å². The van der Waals surface area contributed by atoms with Gasteiger partial charge in [-0.2, -0.15) is 16.2 Å². The fraction of sp³-hybridized carbons (Fsp3) is 0.583. The minimum atomic E-state index is -0.672. The Bertz CT molecular complexity index is 391. The summed E-state index contributed by atoms with van der Waals surface area (Å²) >= 11 is 1.78. The second-order valence-corrected chi connectivity index (χ2v) is 5.77. The van der Waals surface area contributed by atoms with Crippen molar-refractivity contribution in [3.05, 3.63) is 24.1 Å². The number of halogens is 1. The Morgan fingerprint density at radius 2 is 2.47 bits per heavy atom. The number of nitrogens with one attached hydrogen (secondary N) is 1. The molecule has 1 aliphatic carbocycles. The predicted molar refractivity (Wildman–Crippen MR) is 68.8 cm³/mol. The summed E-state index contributed by atoms with van der Waals surface area (Å²) in [6.45, 7) is 2.52. The quantitative estimate of drug-likeness (QED) is 0.793. The van der Waals surface area contributed by atoms with Gasteiger partial charge in [0.1, 0.15) is 5.82 Å². The number of nitrogens with zero attached hydrogens (tertiary/aromatic N) is 1.